The predicted octanol–water partition coefficient (Wildman–Crippen LogP) is 2.08. The van der Waals surface area contributed by atoms with Gasteiger partial charge < -0.3 is 10.3 Å². The molecular weight excluding hydrogens is 312 g/mol. The number of hydrogen-bond acceptors (Lipinski definition) is 7. The van der Waals surface area contributed by atoms with Crippen molar-refractivity contribution in [2.45, 2.75) is 44.6 Å². The molecule has 2 aromatic rings. The summed E-state index contributed by atoms with van der Waals surface area (Å²) in [5, 5.41) is 21.8. The van der Waals surface area contributed by atoms with Crippen molar-refractivity contribution < 1.29 is 9.45 Å². The average molecular weight is 329 g/mol. The Bertz CT molecular complexity index is 678. The van der Waals surface area contributed by atoms with Gasteiger partial charge in [-0.15, -0.1) is 12.4 Å². The summed E-state index contributed by atoms with van der Waals surface area (Å²) in [4.78, 5) is 15.0. The lowest BCUT2D eigenvalue weighted by molar-refractivity contribution is -0.384. The highest BCUT2D eigenvalue weighted by Gasteiger charge is 2.40. The van der Waals surface area contributed by atoms with Gasteiger partial charge in [0, 0.05) is 0 Å². The molecule has 1 aliphatic carbocycles. The normalized spacial score (nSPS) is 15.9. The van der Waals surface area contributed by atoms with Crippen molar-refractivity contribution in [2.75, 3.05) is 0 Å². The Morgan fingerprint density at radius 2 is 2.23 bits per heavy atom. The van der Waals surface area contributed by atoms with Crippen molar-refractivity contribution in [1.82, 2.24) is 20.3 Å². The van der Waals surface area contributed by atoms with Crippen LogP contribution < -0.4 is 5.73 Å². The van der Waals surface area contributed by atoms with Crippen molar-refractivity contribution in [3.63, 3.8) is 0 Å². The Morgan fingerprint density at radius 1 is 1.50 bits per heavy atom. The summed E-state index contributed by atoms with van der Waals surface area (Å²) in [6, 6.07) is 0. The number of nitrogens with one attached hydrogen (secondary N) is 1. The zero-order valence-electron chi connectivity index (χ0n) is 12.0. The molecule has 22 heavy (non-hydrogen) atoms. The predicted molar refractivity (Wildman–Crippen MR) is 79.5 cm³/mol. The lowest BCUT2D eigenvalue weighted by Gasteiger charge is -2.34. The number of halogens is 1. The lowest BCUT2D eigenvalue weighted by atomic mass is 9.77. The molecule has 3 N–H and O–H groups in total. The monoisotopic (exact) mass is 328 g/mol. The molecule has 10 heteroatoms. The summed E-state index contributed by atoms with van der Waals surface area (Å²) in [5.41, 5.74) is 5.98. The van der Waals surface area contributed by atoms with E-state index in [9.17, 15) is 10.1 Å². The molecule has 120 valence electrons. The van der Waals surface area contributed by atoms with E-state index in [2.05, 4.69) is 20.3 Å². The maximum absolute atomic E-state index is 11.3. The molecule has 0 unspecified atom stereocenters. The molecule has 0 aliphatic heterocycles. The van der Waals surface area contributed by atoms with Crippen LogP contribution in [0.4, 0.5) is 5.69 Å². The van der Waals surface area contributed by atoms with E-state index in [1.54, 1.807) is 0 Å². The minimum absolute atomic E-state index is 0. The van der Waals surface area contributed by atoms with Gasteiger partial charge in [0.2, 0.25) is 5.69 Å². The first-order valence-corrected chi connectivity index (χ1v) is 6.90. The number of aromatic nitrogens is 4. The summed E-state index contributed by atoms with van der Waals surface area (Å²) < 4.78 is 5.13. The zero-order valence-corrected chi connectivity index (χ0v) is 12.9. The topological polar surface area (TPSA) is 137 Å². The largest absolute Gasteiger partial charge is 0.332 e. The van der Waals surface area contributed by atoms with E-state index in [0.717, 1.165) is 25.7 Å². The first-order valence-electron chi connectivity index (χ1n) is 6.90. The Kier molecular flexibility index (Phi) is 4.47. The first kappa shape index (κ1) is 16.4. The minimum Gasteiger partial charge on any atom is -0.332 e. The molecule has 2 aromatic heterocycles. The van der Waals surface area contributed by atoms with Crippen LogP contribution in [0.2, 0.25) is 0 Å². The third kappa shape index (κ3) is 2.57. The highest BCUT2D eigenvalue weighted by Crippen LogP contribution is 2.38. The average Bonchev–Trinajstić information content (AvgIpc) is 3.02. The molecule has 2 heterocycles. The molecule has 1 fully saturated rings. The fourth-order valence-electron chi connectivity index (χ4n) is 2.45. The quantitative estimate of drug-likeness (QED) is 0.633. The van der Waals surface area contributed by atoms with E-state index in [1.165, 1.54) is 0 Å². The van der Waals surface area contributed by atoms with E-state index in [-0.39, 0.29) is 29.7 Å². The molecule has 3 rings (SSSR count). The summed E-state index contributed by atoms with van der Waals surface area (Å²) in [6.45, 7) is 1.93. The molecule has 0 saturated heterocycles. The van der Waals surface area contributed by atoms with Gasteiger partial charge in [-0.3, -0.25) is 15.2 Å². The number of H-pyrrole nitrogens is 1. The van der Waals surface area contributed by atoms with E-state index >= 15 is 0 Å². The summed E-state index contributed by atoms with van der Waals surface area (Å²) in [7, 11) is 0. The lowest BCUT2D eigenvalue weighted by Crippen LogP contribution is -2.44. The van der Waals surface area contributed by atoms with E-state index in [4.69, 9.17) is 10.3 Å². The van der Waals surface area contributed by atoms with Gasteiger partial charge in [-0.2, -0.15) is 10.1 Å². The Hall–Kier alpha value is -2.00. The molecule has 0 radical (unpaired) electrons. The zero-order chi connectivity index (χ0) is 15.0. The number of nitrogens with zero attached hydrogens (tertiary/aromatic N) is 4. The van der Waals surface area contributed by atoms with Crippen LogP contribution in [0.25, 0.3) is 11.6 Å². The number of rotatable bonds is 5. The third-order valence-corrected chi connectivity index (χ3v) is 3.82. The Morgan fingerprint density at radius 3 is 2.77 bits per heavy atom. The SMILES string of the molecule is CCCc1[nH]nc(-c2nc(C3(N)CCC3)no2)c1[N+](=O)[O-].Cl. The van der Waals surface area contributed by atoms with Gasteiger partial charge in [0.15, 0.2) is 5.82 Å². The van der Waals surface area contributed by atoms with Crippen LogP contribution in [0.5, 0.6) is 0 Å². The van der Waals surface area contributed by atoms with Crippen LogP contribution in [0, 0.1) is 10.1 Å². The first-order chi connectivity index (χ1) is 10.0. The van der Waals surface area contributed by atoms with Crippen molar-refractivity contribution in [3.05, 3.63) is 21.6 Å². The second-order valence-electron chi connectivity index (χ2n) is 5.34. The van der Waals surface area contributed by atoms with Gasteiger partial charge in [0.1, 0.15) is 5.69 Å². The number of aryl methyl sites for hydroxylation is 1. The van der Waals surface area contributed by atoms with Crippen molar-refractivity contribution >= 4 is 18.1 Å². The fourth-order valence-corrected chi connectivity index (χ4v) is 2.45. The third-order valence-electron chi connectivity index (χ3n) is 3.82. The van der Waals surface area contributed by atoms with Crippen LogP contribution in [-0.4, -0.2) is 25.3 Å². The number of hydrogen-bond donors (Lipinski definition) is 2. The van der Waals surface area contributed by atoms with E-state index < -0.39 is 10.5 Å². The Labute approximate surface area is 132 Å². The second-order valence-corrected chi connectivity index (χ2v) is 5.34. The minimum atomic E-state index is -0.570. The molecule has 9 nitrogen and oxygen atoms in total. The summed E-state index contributed by atoms with van der Waals surface area (Å²) >= 11 is 0. The fraction of sp³-hybridized carbons (Fsp3) is 0.583. The molecule has 0 aromatic carbocycles. The molecule has 0 amide bonds. The maximum Gasteiger partial charge on any atom is 0.322 e. The molecule has 1 aliphatic rings. The highest BCUT2D eigenvalue weighted by atomic mass is 35.5. The van der Waals surface area contributed by atoms with Crippen molar-refractivity contribution in [3.8, 4) is 11.6 Å². The van der Waals surface area contributed by atoms with Crippen molar-refractivity contribution in [1.29, 1.82) is 0 Å². The van der Waals surface area contributed by atoms with Crippen molar-refractivity contribution in [2.24, 2.45) is 5.73 Å². The smallest absolute Gasteiger partial charge is 0.322 e. The molecule has 0 bridgehead atoms. The van der Waals surface area contributed by atoms with Crippen LogP contribution >= 0.6 is 12.4 Å². The van der Waals surface area contributed by atoms with E-state index in [1.807, 2.05) is 6.92 Å². The van der Waals surface area contributed by atoms with Gasteiger partial charge in [-0.05, 0) is 25.7 Å². The Balaban J connectivity index is 0.00000176. The van der Waals surface area contributed by atoms with Crippen LogP contribution in [0.1, 0.15) is 44.1 Å². The van der Waals surface area contributed by atoms with Gasteiger partial charge in [0.05, 0.1) is 10.5 Å². The molecular formula is C12H17ClN6O3. The van der Waals surface area contributed by atoms with Crippen LogP contribution in [-0.2, 0) is 12.0 Å². The molecule has 0 spiro atoms. The number of nitro groups is 1. The highest BCUT2D eigenvalue weighted by molar-refractivity contribution is 5.85. The van der Waals surface area contributed by atoms with Gasteiger partial charge in [0.25, 0.3) is 5.89 Å². The van der Waals surface area contributed by atoms with Crippen LogP contribution in [0.15, 0.2) is 4.52 Å². The maximum atomic E-state index is 11.3. The number of aromatic amines is 1. The van der Waals surface area contributed by atoms with Crippen LogP contribution in [0.3, 0.4) is 0 Å². The van der Waals surface area contributed by atoms with E-state index in [0.29, 0.717) is 17.9 Å². The summed E-state index contributed by atoms with van der Waals surface area (Å²) in [6.07, 6.45) is 3.89. The van der Waals surface area contributed by atoms with Gasteiger partial charge in [-0.1, -0.05) is 18.5 Å². The molecule has 0 atom stereocenters. The second kappa shape index (κ2) is 6.01. The number of nitrogens with two attached hydrogens (primary N) is 1. The molecule has 1 saturated carbocycles. The van der Waals surface area contributed by atoms with Gasteiger partial charge in [-0.25, -0.2) is 0 Å². The summed E-state index contributed by atoms with van der Waals surface area (Å²) in [5.74, 6) is 0.421. The van der Waals surface area contributed by atoms with Gasteiger partial charge >= 0.3 is 5.69 Å². The standard InChI is InChI=1S/C12H16N6O3.ClH/c1-2-4-7-9(18(19)20)8(16-15-7)10-14-11(17-21-10)12(13)5-3-6-12;/h2-6,13H2,1H3,(H,15,16);1H.